The zero-order chi connectivity index (χ0) is 15.4. The largest absolute Gasteiger partial charge is 0.496 e. The van der Waals surface area contributed by atoms with Gasteiger partial charge in [0.05, 0.1) is 26.9 Å². The molecule has 0 amide bonds. The number of ketones is 1. The second kappa shape index (κ2) is 6.31. The topological polar surface area (TPSA) is 44.8 Å². The van der Waals surface area contributed by atoms with E-state index in [1.54, 1.807) is 31.4 Å². The van der Waals surface area contributed by atoms with E-state index in [1.165, 1.54) is 14.2 Å². The zero-order valence-electron chi connectivity index (χ0n) is 12.6. The summed E-state index contributed by atoms with van der Waals surface area (Å²) in [6.07, 6.45) is 0. The molecule has 110 valence electrons. The molecule has 0 saturated carbocycles. The van der Waals surface area contributed by atoms with Crippen molar-refractivity contribution in [3.8, 4) is 17.2 Å². The number of rotatable bonds is 5. The van der Waals surface area contributed by atoms with Gasteiger partial charge in [0.1, 0.15) is 22.8 Å². The van der Waals surface area contributed by atoms with E-state index in [-0.39, 0.29) is 5.78 Å². The lowest BCUT2D eigenvalue weighted by atomic mass is 9.99. The van der Waals surface area contributed by atoms with Crippen LogP contribution in [0.5, 0.6) is 17.2 Å². The van der Waals surface area contributed by atoms with Gasteiger partial charge >= 0.3 is 0 Å². The van der Waals surface area contributed by atoms with Gasteiger partial charge in [-0.15, -0.1) is 0 Å². The molecule has 0 spiro atoms. The fourth-order valence-electron chi connectivity index (χ4n) is 2.20. The van der Waals surface area contributed by atoms with Crippen LogP contribution in [0, 0.1) is 6.92 Å². The molecule has 0 fully saturated rings. The maximum Gasteiger partial charge on any atom is 0.204 e. The highest BCUT2D eigenvalue weighted by Gasteiger charge is 2.22. The van der Waals surface area contributed by atoms with Gasteiger partial charge in [0.25, 0.3) is 0 Å². The van der Waals surface area contributed by atoms with Crippen LogP contribution in [0.3, 0.4) is 0 Å². The molecule has 21 heavy (non-hydrogen) atoms. The third-order valence-electron chi connectivity index (χ3n) is 3.26. The molecule has 2 rings (SSSR count). The van der Waals surface area contributed by atoms with E-state index in [2.05, 4.69) is 0 Å². The number of benzene rings is 2. The van der Waals surface area contributed by atoms with E-state index < -0.39 is 0 Å². The van der Waals surface area contributed by atoms with Crippen LogP contribution in [0.25, 0.3) is 0 Å². The summed E-state index contributed by atoms with van der Waals surface area (Å²) in [5.41, 5.74) is 1.89. The van der Waals surface area contributed by atoms with Crippen molar-refractivity contribution in [1.29, 1.82) is 0 Å². The molecular weight excluding hydrogens is 268 g/mol. The zero-order valence-corrected chi connectivity index (χ0v) is 12.6. The molecule has 0 unspecified atom stereocenters. The first-order valence-corrected chi connectivity index (χ1v) is 6.52. The molecule has 0 N–H and O–H groups in total. The van der Waals surface area contributed by atoms with Gasteiger partial charge in [-0.05, 0) is 36.8 Å². The Hall–Kier alpha value is -2.49. The van der Waals surface area contributed by atoms with Crippen LogP contribution in [0.1, 0.15) is 21.5 Å². The van der Waals surface area contributed by atoms with Crippen molar-refractivity contribution < 1.29 is 19.0 Å². The normalized spacial score (nSPS) is 10.1. The van der Waals surface area contributed by atoms with E-state index in [1.807, 2.05) is 19.1 Å². The van der Waals surface area contributed by atoms with Crippen LogP contribution in [-0.2, 0) is 0 Å². The van der Waals surface area contributed by atoms with Gasteiger partial charge in [-0.25, -0.2) is 0 Å². The Bertz CT molecular complexity index is 640. The smallest absolute Gasteiger partial charge is 0.204 e. The third-order valence-corrected chi connectivity index (χ3v) is 3.26. The molecule has 0 heterocycles. The lowest BCUT2D eigenvalue weighted by Gasteiger charge is -2.14. The summed E-state index contributed by atoms with van der Waals surface area (Å²) in [5.74, 6) is 1.29. The van der Waals surface area contributed by atoms with Crippen LogP contribution in [0.2, 0.25) is 0 Å². The molecule has 0 aliphatic carbocycles. The van der Waals surface area contributed by atoms with E-state index >= 15 is 0 Å². The molecule has 4 nitrogen and oxygen atoms in total. The van der Waals surface area contributed by atoms with Crippen molar-refractivity contribution in [2.75, 3.05) is 21.3 Å². The molecule has 0 bridgehead atoms. The van der Waals surface area contributed by atoms with Gasteiger partial charge in [0, 0.05) is 0 Å². The summed E-state index contributed by atoms with van der Waals surface area (Å²) < 4.78 is 15.9. The predicted molar refractivity (Wildman–Crippen MR) is 80.7 cm³/mol. The molecule has 2 aromatic carbocycles. The van der Waals surface area contributed by atoms with Gasteiger partial charge in [0.2, 0.25) is 5.78 Å². The van der Waals surface area contributed by atoms with Crippen molar-refractivity contribution in [2.45, 2.75) is 6.92 Å². The molecule has 0 aliphatic rings. The van der Waals surface area contributed by atoms with Crippen LogP contribution < -0.4 is 14.2 Å². The Labute approximate surface area is 124 Å². The first-order chi connectivity index (χ1) is 10.1. The van der Waals surface area contributed by atoms with E-state index in [9.17, 15) is 4.79 Å². The highest BCUT2D eigenvalue weighted by Crippen LogP contribution is 2.33. The van der Waals surface area contributed by atoms with Crippen molar-refractivity contribution in [3.63, 3.8) is 0 Å². The Kier molecular flexibility index (Phi) is 4.48. The highest BCUT2D eigenvalue weighted by molar-refractivity contribution is 6.14. The minimum atomic E-state index is -0.193. The van der Waals surface area contributed by atoms with Crippen LogP contribution in [0.4, 0.5) is 0 Å². The first-order valence-electron chi connectivity index (χ1n) is 6.52. The number of hydrogen-bond acceptors (Lipinski definition) is 4. The molecule has 0 aliphatic heterocycles. The summed E-state index contributed by atoms with van der Waals surface area (Å²) in [6.45, 7) is 1.94. The van der Waals surface area contributed by atoms with E-state index in [0.29, 0.717) is 28.4 Å². The molecule has 0 aromatic heterocycles. The Morgan fingerprint density at radius 1 is 0.857 bits per heavy atom. The third kappa shape index (κ3) is 2.84. The van der Waals surface area contributed by atoms with Crippen molar-refractivity contribution in [1.82, 2.24) is 0 Å². The maximum absolute atomic E-state index is 12.9. The van der Waals surface area contributed by atoms with Crippen molar-refractivity contribution in [3.05, 3.63) is 53.1 Å². The number of carbonyl (C=O) groups is 1. The second-order valence-electron chi connectivity index (χ2n) is 4.57. The monoisotopic (exact) mass is 286 g/mol. The van der Waals surface area contributed by atoms with Gasteiger partial charge in [-0.2, -0.15) is 0 Å². The number of aryl methyl sites for hydroxylation is 1. The van der Waals surface area contributed by atoms with E-state index in [4.69, 9.17) is 14.2 Å². The highest BCUT2D eigenvalue weighted by atomic mass is 16.5. The van der Waals surface area contributed by atoms with Crippen molar-refractivity contribution >= 4 is 5.78 Å². The summed E-state index contributed by atoms with van der Waals surface area (Å²) in [4.78, 5) is 12.9. The summed E-state index contributed by atoms with van der Waals surface area (Å²) in [5, 5.41) is 0. The summed E-state index contributed by atoms with van der Waals surface area (Å²) in [7, 11) is 4.60. The molecule has 2 aromatic rings. The molecule has 4 heteroatoms. The van der Waals surface area contributed by atoms with Crippen LogP contribution >= 0.6 is 0 Å². The quantitative estimate of drug-likeness (QED) is 0.791. The fraction of sp³-hybridized carbons (Fsp3) is 0.235. The van der Waals surface area contributed by atoms with Crippen molar-refractivity contribution in [2.24, 2.45) is 0 Å². The maximum atomic E-state index is 12.9. The number of carbonyl (C=O) groups excluding carboxylic acids is 1. The Balaban J connectivity index is 2.60. The average molecular weight is 286 g/mol. The van der Waals surface area contributed by atoms with Crippen LogP contribution in [-0.4, -0.2) is 27.1 Å². The van der Waals surface area contributed by atoms with Gasteiger partial charge in [-0.3, -0.25) is 4.79 Å². The Morgan fingerprint density at radius 2 is 1.43 bits per heavy atom. The van der Waals surface area contributed by atoms with Gasteiger partial charge < -0.3 is 14.2 Å². The molecule has 0 radical (unpaired) electrons. The average Bonchev–Trinajstić information content (AvgIpc) is 2.53. The second-order valence-corrected chi connectivity index (χ2v) is 4.57. The van der Waals surface area contributed by atoms with Crippen LogP contribution in [0.15, 0.2) is 36.4 Å². The number of methoxy groups -OCH3 is 3. The number of hydrogen-bond donors (Lipinski definition) is 0. The summed E-state index contributed by atoms with van der Waals surface area (Å²) >= 11 is 0. The number of ether oxygens (including phenoxy) is 3. The summed E-state index contributed by atoms with van der Waals surface area (Å²) in [6, 6.07) is 10.7. The molecule has 0 atom stereocenters. The van der Waals surface area contributed by atoms with Gasteiger partial charge in [0.15, 0.2) is 0 Å². The molecular formula is C17H18O4. The minimum Gasteiger partial charge on any atom is -0.496 e. The lowest BCUT2D eigenvalue weighted by molar-refractivity contribution is 0.103. The predicted octanol–water partition coefficient (Wildman–Crippen LogP) is 3.25. The SMILES string of the molecule is COc1cc(C)ccc1C(=O)c1c(OC)cccc1OC. The molecule has 0 saturated heterocycles. The first kappa shape index (κ1) is 14.9. The lowest BCUT2D eigenvalue weighted by Crippen LogP contribution is -2.08. The minimum absolute atomic E-state index is 0.193. The standard InChI is InChI=1S/C17H18O4/c1-11-8-9-12(15(10-11)21-4)17(18)16-13(19-2)6-5-7-14(16)20-3/h5-10H,1-4H3. The van der Waals surface area contributed by atoms with E-state index in [0.717, 1.165) is 5.56 Å². The fourth-order valence-corrected chi connectivity index (χ4v) is 2.20. The van der Waals surface area contributed by atoms with Gasteiger partial charge in [-0.1, -0.05) is 12.1 Å². The Morgan fingerprint density at radius 3 is 1.95 bits per heavy atom.